The molecule has 0 bridgehead atoms. The lowest BCUT2D eigenvalue weighted by Crippen LogP contribution is -2.32. The first kappa shape index (κ1) is 7.95. The van der Waals surface area contributed by atoms with Crippen molar-refractivity contribution >= 4 is 0 Å². The van der Waals surface area contributed by atoms with E-state index in [0.717, 1.165) is 0 Å². The second-order valence-corrected chi connectivity index (χ2v) is 3.23. The number of hydrogen-bond donors (Lipinski definition) is 1. The first-order valence-corrected chi connectivity index (χ1v) is 3.75. The van der Waals surface area contributed by atoms with Crippen molar-refractivity contribution in [3.63, 3.8) is 0 Å². The average molecular weight is 146 g/mol. The zero-order valence-electron chi connectivity index (χ0n) is 6.55. The molecular formula is C7H15FN2. The predicted octanol–water partition coefficient (Wildman–Crippen LogP) is 0.376. The molecule has 3 heteroatoms. The van der Waals surface area contributed by atoms with E-state index in [-0.39, 0.29) is 6.04 Å². The van der Waals surface area contributed by atoms with Crippen LogP contribution in [0.4, 0.5) is 4.39 Å². The van der Waals surface area contributed by atoms with E-state index in [1.165, 1.54) is 0 Å². The van der Waals surface area contributed by atoms with Crippen molar-refractivity contribution in [3.05, 3.63) is 0 Å². The number of rotatable bonds is 1. The van der Waals surface area contributed by atoms with Crippen LogP contribution >= 0.6 is 0 Å². The molecule has 10 heavy (non-hydrogen) atoms. The molecule has 2 N–H and O–H groups in total. The Morgan fingerprint density at radius 2 is 2.10 bits per heavy atom. The van der Waals surface area contributed by atoms with Crippen molar-refractivity contribution in [2.45, 2.75) is 32.1 Å². The fraction of sp³-hybridized carbons (Fsp3) is 1.00. The van der Waals surface area contributed by atoms with E-state index >= 15 is 0 Å². The Labute approximate surface area is 61.2 Å². The highest BCUT2D eigenvalue weighted by molar-refractivity contribution is 4.87. The van der Waals surface area contributed by atoms with Gasteiger partial charge in [0.2, 0.25) is 0 Å². The van der Waals surface area contributed by atoms with Gasteiger partial charge < -0.3 is 5.73 Å². The molecule has 2 atom stereocenters. The zero-order valence-corrected chi connectivity index (χ0v) is 6.55. The highest BCUT2D eigenvalue weighted by atomic mass is 19.1. The lowest BCUT2D eigenvalue weighted by molar-refractivity contribution is 0.245. The number of hydrogen-bond acceptors (Lipinski definition) is 2. The molecule has 1 aliphatic rings. The third-order valence-corrected chi connectivity index (χ3v) is 2.05. The Morgan fingerprint density at radius 3 is 2.30 bits per heavy atom. The molecule has 2 nitrogen and oxygen atoms in total. The van der Waals surface area contributed by atoms with Crippen molar-refractivity contribution in [1.29, 1.82) is 0 Å². The van der Waals surface area contributed by atoms with Crippen molar-refractivity contribution < 1.29 is 4.39 Å². The van der Waals surface area contributed by atoms with E-state index in [1.807, 2.05) is 0 Å². The summed E-state index contributed by atoms with van der Waals surface area (Å²) in [6.45, 7) is 5.34. The standard InChI is InChI=1S/C7H15FN2/c1-5(2)10-3-6(8)7(9)4-10/h5-7H,3-4,9H2,1-2H3/t6-,7+/m0/s1. The third kappa shape index (κ3) is 1.47. The van der Waals surface area contributed by atoms with Gasteiger partial charge in [0.05, 0.1) is 0 Å². The molecule has 1 rings (SSSR count). The van der Waals surface area contributed by atoms with Crippen LogP contribution < -0.4 is 5.73 Å². The van der Waals surface area contributed by atoms with Gasteiger partial charge in [-0.3, -0.25) is 4.90 Å². The fourth-order valence-electron chi connectivity index (χ4n) is 1.24. The Kier molecular flexibility index (Phi) is 2.26. The van der Waals surface area contributed by atoms with Gasteiger partial charge in [-0.1, -0.05) is 0 Å². The van der Waals surface area contributed by atoms with Gasteiger partial charge in [0.15, 0.2) is 0 Å². The number of alkyl halides is 1. The SMILES string of the molecule is CC(C)N1C[C@@H](N)[C@@H](F)C1. The van der Waals surface area contributed by atoms with Gasteiger partial charge in [-0.15, -0.1) is 0 Å². The summed E-state index contributed by atoms with van der Waals surface area (Å²) in [5.74, 6) is 0. The maximum Gasteiger partial charge on any atom is 0.129 e. The summed E-state index contributed by atoms with van der Waals surface area (Å²) in [4.78, 5) is 2.06. The second kappa shape index (κ2) is 2.84. The summed E-state index contributed by atoms with van der Waals surface area (Å²) in [6, 6.07) is 0.161. The Morgan fingerprint density at radius 1 is 1.50 bits per heavy atom. The van der Waals surface area contributed by atoms with E-state index in [4.69, 9.17) is 5.73 Å². The maximum absolute atomic E-state index is 12.8. The van der Waals surface area contributed by atoms with E-state index in [2.05, 4.69) is 18.7 Å². The smallest absolute Gasteiger partial charge is 0.129 e. The molecule has 0 saturated carbocycles. The molecule has 0 aromatic carbocycles. The topological polar surface area (TPSA) is 29.3 Å². The maximum atomic E-state index is 12.8. The molecule has 0 spiro atoms. The predicted molar refractivity (Wildman–Crippen MR) is 39.6 cm³/mol. The highest BCUT2D eigenvalue weighted by Crippen LogP contribution is 2.13. The minimum absolute atomic E-state index is 0.262. The molecule has 60 valence electrons. The number of likely N-dealkylation sites (tertiary alicyclic amines) is 1. The molecule has 0 unspecified atom stereocenters. The average Bonchev–Trinajstić information content (AvgIpc) is 2.13. The monoisotopic (exact) mass is 146 g/mol. The second-order valence-electron chi connectivity index (χ2n) is 3.23. The van der Waals surface area contributed by atoms with E-state index < -0.39 is 6.17 Å². The van der Waals surface area contributed by atoms with Crippen LogP contribution in [0.5, 0.6) is 0 Å². The summed E-state index contributed by atoms with van der Waals surface area (Å²) < 4.78 is 12.8. The van der Waals surface area contributed by atoms with Crippen LogP contribution in [-0.4, -0.2) is 36.2 Å². The summed E-state index contributed by atoms with van der Waals surface area (Å²) in [5.41, 5.74) is 5.49. The van der Waals surface area contributed by atoms with Crippen molar-refractivity contribution in [2.75, 3.05) is 13.1 Å². The number of nitrogens with zero attached hydrogens (tertiary/aromatic N) is 1. The molecule has 1 aliphatic heterocycles. The van der Waals surface area contributed by atoms with Crippen LogP contribution in [0.15, 0.2) is 0 Å². The van der Waals surface area contributed by atoms with Crippen molar-refractivity contribution in [2.24, 2.45) is 5.73 Å². The molecule has 0 aliphatic carbocycles. The van der Waals surface area contributed by atoms with Gasteiger partial charge in [0.25, 0.3) is 0 Å². The zero-order chi connectivity index (χ0) is 7.72. The Hall–Kier alpha value is -0.150. The fourth-order valence-corrected chi connectivity index (χ4v) is 1.24. The lowest BCUT2D eigenvalue weighted by Gasteiger charge is -2.18. The highest BCUT2D eigenvalue weighted by Gasteiger charge is 2.30. The van der Waals surface area contributed by atoms with Crippen molar-refractivity contribution in [3.8, 4) is 0 Å². The van der Waals surface area contributed by atoms with Gasteiger partial charge in [-0.05, 0) is 13.8 Å². The van der Waals surface area contributed by atoms with Crippen LogP contribution in [0.3, 0.4) is 0 Å². The van der Waals surface area contributed by atoms with Crippen molar-refractivity contribution in [1.82, 2.24) is 4.90 Å². The number of halogens is 1. The van der Waals surface area contributed by atoms with Gasteiger partial charge in [-0.2, -0.15) is 0 Å². The first-order valence-electron chi connectivity index (χ1n) is 3.75. The summed E-state index contributed by atoms with van der Waals surface area (Å²) in [7, 11) is 0. The number of nitrogens with two attached hydrogens (primary N) is 1. The van der Waals surface area contributed by atoms with Gasteiger partial charge in [0, 0.05) is 25.2 Å². The van der Waals surface area contributed by atoms with E-state index in [0.29, 0.717) is 19.1 Å². The molecule has 1 heterocycles. The van der Waals surface area contributed by atoms with Crippen LogP contribution in [0.1, 0.15) is 13.8 Å². The minimum atomic E-state index is -0.817. The van der Waals surface area contributed by atoms with Crippen LogP contribution in [0.25, 0.3) is 0 Å². The molecule has 0 aromatic rings. The molecule has 0 radical (unpaired) electrons. The lowest BCUT2D eigenvalue weighted by atomic mass is 10.2. The van der Waals surface area contributed by atoms with Gasteiger partial charge >= 0.3 is 0 Å². The van der Waals surface area contributed by atoms with Crippen LogP contribution in [-0.2, 0) is 0 Å². The summed E-state index contributed by atoms with van der Waals surface area (Å²) in [6.07, 6.45) is -0.817. The first-order chi connectivity index (χ1) is 4.61. The quantitative estimate of drug-likeness (QED) is 0.579. The molecule has 0 amide bonds. The van der Waals surface area contributed by atoms with Gasteiger partial charge in [-0.25, -0.2) is 4.39 Å². The molecule has 0 aromatic heterocycles. The normalized spacial score (nSPS) is 35.7. The molecular weight excluding hydrogens is 131 g/mol. The van der Waals surface area contributed by atoms with Gasteiger partial charge in [0.1, 0.15) is 6.17 Å². The Balaban J connectivity index is 2.41. The molecule has 1 saturated heterocycles. The largest absolute Gasteiger partial charge is 0.324 e. The molecule has 1 fully saturated rings. The van der Waals surface area contributed by atoms with Crippen LogP contribution in [0, 0.1) is 0 Å². The third-order valence-electron chi connectivity index (χ3n) is 2.05. The van der Waals surface area contributed by atoms with E-state index in [1.54, 1.807) is 0 Å². The van der Waals surface area contributed by atoms with E-state index in [9.17, 15) is 4.39 Å². The Bertz CT molecular complexity index is 106. The van der Waals surface area contributed by atoms with Crippen LogP contribution in [0.2, 0.25) is 0 Å². The summed E-state index contributed by atoms with van der Waals surface area (Å²) >= 11 is 0. The summed E-state index contributed by atoms with van der Waals surface area (Å²) in [5, 5.41) is 0. The minimum Gasteiger partial charge on any atom is -0.324 e.